The molecular weight excluding hydrogens is 522 g/mol. The number of rotatable bonds is 6. The number of halogens is 3. The Hall–Kier alpha value is -3.92. The van der Waals surface area contributed by atoms with E-state index >= 15 is 0 Å². The molecule has 7 nitrogen and oxygen atoms in total. The minimum Gasteiger partial charge on any atom is -0.453 e. The van der Waals surface area contributed by atoms with Crippen LogP contribution in [0.5, 0.6) is 11.5 Å². The molecule has 2 aromatic carbocycles. The maximum Gasteiger partial charge on any atom is 0.240 e. The SMILES string of the molecule is O=C(Nc1ccc(F)cc1)C1(C(=O)Nc2ccc(Oc3ccnc4cc(Br)ncc34)c(F)c2)CC1. The highest BCUT2D eigenvalue weighted by molar-refractivity contribution is 9.10. The van der Waals surface area contributed by atoms with E-state index in [1.807, 2.05) is 0 Å². The van der Waals surface area contributed by atoms with Crippen molar-refractivity contribution in [1.29, 1.82) is 0 Å². The third kappa shape index (κ3) is 4.69. The standard InChI is InChI=1S/C25H17BrF2N4O3/c26-22-12-19-17(13-30-22)20(7-10-29-19)35-21-6-5-16(11-18(21)28)32-24(34)25(8-9-25)23(33)31-15-3-1-14(27)2-4-15/h1-7,10-13H,8-9H2,(H,31,33)(H,32,34). The van der Waals surface area contributed by atoms with E-state index in [1.54, 1.807) is 24.5 Å². The molecule has 2 heterocycles. The number of hydrogen-bond donors (Lipinski definition) is 2. The molecule has 4 aromatic rings. The summed E-state index contributed by atoms with van der Waals surface area (Å²) in [6, 6.07) is 12.6. The Bertz CT molecular complexity index is 1460. The van der Waals surface area contributed by atoms with Crippen LogP contribution in [-0.4, -0.2) is 21.8 Å². The molecule has 176 valence electrons. The second kappa shape index (κ2) is 9.03. The number of amides is 2. The number of nitrogens with zero attached hydrogens (tertiary/aromatic N) is 2. The van der Waals surface area contributed by atoms with Crippen molar-refractivity contribution < 1.29 is 23.1 Å². The lowest BCUT2D eigenvalue weighted by molar-refractivity contribution is -0.131. The molecule has 10 heteroatoms. The summed E-state index contributed by atoms with van der Waals surface area (Å²) in [5, 5.41) is 5.85. The van der Waals surface area contributed by atoms with Gasteiger partial charge in [-0.1, -0.05) is 0 Å². The molecule has 2 amide bonds. The lowest BCUT2D eigenvalue weighted by atomic mass is 10.0. The highest BCUT2D eigenvalue weighted by atomic mass is 79.9. The van der Waals surface area contributed by atoms with Crippen molar-refractivity contribution in [2.75, 3.05) is 10.6 Å². The number of hydrogen-bond acceptors (Lipinski definition) is 5. The third-order valence-electron chi connectivity index (χ3n) is 5.68. The Balaban J connectivity index is 1.29. The molecule has 2 N–H and O–H groups in total. The van der Waals surface area contributed by atoms with Crippen LogP contribution in [0.25, 0.3) is 10.9 Å². The van der Waals surface area contributed by atoms with E-state index in [4.69, 9.17) is 4.74 Å². The highest BCUT2D eigenvalue weighted by Crippen LogP contribution is 2.47. The summed E-state index contributed by atoms with van der Waals surface area (Å²) >= 11 is 3.28. The Morgan fingerprint density at radius 3 is 2.26 bits per heavy atom. The van der Waals surface area contributed by atoms with Crippen molar-refractivity contribution in [3.63, 3.8) is 0 Å². The van der Waals surface area contributed by atoms with Crippen molar-refractivity contribution in [3.8, 4) is 11.5 Å². The van der Waals surface area contributed by atoms with E-state index in [0.717, 1.165) is 6.07 Å². The molecule has 0 aliphatic heterocycles. The van der Waals surface area contributed by atoms with E-state index in [0.29, 0.717) is 39.8 Å². The van der Waals surface area contributed by atoms with E-state index in [2.05, 4.69) is 36.5 Å². The average Bonchev–Trinajstić information content (AvgIpc) is 3.65. The first-order chi connectivity index (χ1) is 16.8. The van der Waals surface area contributed by atoms with Crippen LogP contribution in [0.2, 0.25) is 0 Å². The first kappa shape index (κ1) is 22.9. The summed E-state index contributed by atoms with van der Waals surface area (Å²) in [5.74, 6) is -1.83. The van der Waals surface area contributed by atoms with Crippen LogP contribution < -0.4 is 15.4 Å². The lowest BCUT2D eigenvalue weighted by Crippen LogP contribution is -2.35. The zero-order valence-electron chi connectivity index (χ0n) is 18.0. The van der Waals surface area contributed by atoms with Gasteiger partial charge < -0.3 is 15.4 Å². The number of aromatic nitrogens is 2. The Kier molecular flexibility index (Phi) is 5.89. The number of carbonyl (C=O) groups is 2. The van der Waals surface area contributed by atoms with E-state index in [1.165, 1.54) is 36.4 Å². The molecule has 0 spiro atoms. The zero-order chi connectivity index (χ0) is 24.6. The predicted octanol–water partition coefficient (Wildman–Crippen LogP) is 5.82. The normalized spacial score (nSPS) is 13.8. The number of benzene rings is 2. The summed E-state index contributed by atoms with van der Waals surface area (Å²) in [6.07, 6.45) is 3.83. The summed E-state index contributed by atoms with van der Waals surface area (Å²) in [6.45, 7) is 0. The number of anilines is 2. The van der Waals surface area contributed by atoms with Gasteiger partial charge in [-0.15, -0.1) is 0 Å². The Labute approximate surface area is 206 Å². The average molecular weight is 539 g/mol. The van der Waals surface area contributed by atoms with Crippen molar-refractivity contribution >= 4 is 50.0 Å². The van der Waals surface area contributed by atoms with Gasteiger partial charge in [-0.25, -0.2) is 13.8 Å². The topological polar surface area (TPSA) is 93.2 Å². The fourth-order valence-electron chi connectivity index (χ4n) is 3.58. The van der Waals surface area contributed by atoms with Crippen LogP contribution in [0.15, 0.2) is 71.6 Å². The number of pyridine rings is 2. The van der Waals surface area contributed by atoms with Crippen LogP contribution >= 0.6 is 15.9 Å². The molecule has 0 unspecified atom stereocenters. The number of carbonyl (C=O) groups excluding carboxylic acids is 2. The molecule has 1 aliphatic rings. The Morgan fingerprint density at radius 2 is 1.57 bits per heavy atom. The number of fused-ring (bicyclic) bond motifs is 1. The monoisotopic (exact) mass is 538 g/mol. The van der Waals surface area contributed by atoms with Gasteiger partial charge in [-0.2, -0.15) is 0 Å². The molecule has 0 radical (unpaired) electrons. The molecule has 1 aliphatic carbocycles. The Morgan fingerprint density at radius 1 is 0.886 bits per heavy atom. The van der Waals surface area contributed by atoms with Gasteiger partial charge in [-0.05, 0) is 77.3 Å². The predicted molar refractivity (Wildman–Crippen MR) is 129 cm³/mol. The van der Waals surface area contributed by atoms with E-state index in [-0.39, 0.29) is 11.4 Å². The maximum absolute atomic E-state index is 14.8. The van der Waals surface area contributed by atoms with Gasteiger partial charge in [0.2, 0.25) is 11.8 Å². The minimum absolute atomic E-state index is 0.0476. The van der Waals surface area contributed by atoms with Gasteiger partial charge in [0.25, 0.3) is 0 Å². The molecule has 0 bridgehead atoms. The second-order valence-electron chi connectivity index (χ2n) is 8.08. The fourth-order valence-corrected chi connectivity index (χ4v) is 3.90. The van der Waals surface area contributed by atoms with Crippen molar-refractivity contribution in [2.45, 2.75) is 12.8 Å². The first-order valence-corrected chi connectivity index (χ1v) is 11.4. The van der Waals surface area contributed by atoms with Crippen LogP contribution in [-0.2, 0) is 9.59 Å². The maximum atomic E-state index is 14.8. The molecule has 2 aromatic heterocycles. The van der Waals surface area contributed by atoms with Gasteiger partial charge in [0.1, 0.15) is 21.6 Å². The van der Waals surface area contributed by atoms with Gasteiger partial charge in [-0.3, -0.25) is 14.6 Å². The van der Waals surface area contributed by atoms with Gasteiger partial charge in [0.05, 0.1) is 10.9 Å². The largest absolute Gasteiger partial charge is 0.453 e. The van der Waals surface area contributed by atoms with Crippen LogP contribution in [0, 0.1) is 17.0 Å². The lowest BCUT2D eigenvalue weighted by Gasteiger charge is -2.16. The van der Waals surface area contributed by atoms with Crippen LogP contribution in [0.4, 0.5) is 20.2 Å². The van der Waals surface area contributed by atoms with Crippen molar-refractivity contribution in [2.24, 2.45) is 5.41 Å². The van der Waals surface area contributed by atoms with Crippen LogP contribution in [0.3, 0.4) is 0 Å². The summed E-state index contributed by atoms with van der Waals surface area (Å²) in [7, 11) is 0. The van der Waals surface area contributed by atoms with Crippen molar-refractivity contribution in [3.05, 3.63) is 83.2 Å². The number of ether oxygens (including phenoxy) is 1. The quantitative estimate of drug-likeness (QED) is 0.238. The summed E-state index contributed by atoms with van der Waals surface area (Å²) in [5.41, 5.74) is -0.0560. The first-order valence-electron chi connectivity index (χ1n) is 10.6. The van der Waals surface area contributed by atoms with Gasteiger partial charge in [0.15, 0.2) is 11.6 Å². The molecule has 5 rings (SSSR count). The molecular formula is C25H17BrF2N4O3. The smallest absolute Gasteiger partial charge is 0.240 e. The molecule has 35 heavy (non-hydrogen) atoms. The zero-order valence-corrected chi connectivity index (χ0v) is 19.6. The minimum atomic E-state index is -1.25. The van der Waals surface area contributed by atoms with Crippen LogP contribution in [0.1, 0.15) is 12.8 Å². The van der Waals surface area contributed by atoms with Gasteiger partial charge >= 0.3 is 0 Å². The van der Waals surface area contributed by atoms with Gasteiger partial charge in [0, 0.05) is 29.8 Å². The highest BCUT2D eigenvalue weighted by Gasteiger charge is 2.56. The van der Waals surface area contributed by atoms with E-state index < -0.39 is 28.9 Å². The molecule has 1 fully saturated rings. The summed E-state index contributed by atoms with van der Waals surface area (Å²) in [4.78, 5) is 33.9. The third-order valence-corrected chi connectivity index (χ3v) is 6.12. The number of nitrogens with one attached hydrogen (secondary N) is 2. The summed E-state index contributed by atoms with van der Waals surface area (Å²) < 4.78 is 34.3. The van der Waals surface area contributed by atoms with Crippen molar-refractivity contribution in [1.82, 2.24) is 9.97 Å². The fraction of sp³-hybridized carbons (Fsp3) is 0.120. The molecule has 0 saturated heterocycles. The second-order valence-corrected chi connectivity index (χ2v) is 8.89. The van der Waals surface area contributed by atoms with E-state index in [9.17, 15) is 18.4 Å². The molecule has 1 saturated carbocycles. The molecule has 0 atom stereocenters.